The van der Waals surface area contributed by atoms with Crippen molar-refractivity contribution < 1.29 is 15.0 Å². The molecule has 1 aromatic carbocycles. The maximum atomic E-state index is 12.0. The maximum absolute atomic E-state index is 12.0. The Balaban J connectivity index is 1.76. The molecule has 0 spiro atoms. The molecule has 20 heavy (non-hydrogen) atoms. The summed E-state index contributed by atoms with van der Waals surface area (Å²) >= 11 is 0. The molecule has 1 atom stereocenters. The molecule has 5 nitrogen and oxygen atoms in total. The minimum Gasteiger partial charge on any atom is -0.394 e. The molecule has 1 unspecified atom stereocenters. The smallest absolute Gasteiger partial charge is 0.251 e. The van der Waals surface area contributed by atoms with Gasteiger partial charge in [-0.05, 0) is 25.0 Å². The Morgan fingerprint density at radius 1 is 1.30 bits per heavy atom. The summed E-state index contributed by atoms with van der Waals surface area (Å²) in [5.41, 5.74) is 0.686. The molecule has 1 aliphatic rings. The van der Waals surface area contributed by atoms with Gasteiger partial charge in [0.2, 0.25) is 0 Å². The number of carbonyl (C=O) groups excluding carboxylic acids is 1. The first-order chi connectivity index (χ1) is 9.69. The Morgan fingerprint density at radius 3 is 2.55 bits per heavy atom. The van der Waals surface area contributed by atoms with Crippen LogP contribution in [0.25, 0.3) is 0 Å². The SMILES string of the molecule is O=C(NC1CCN(CC(O)CO)CC1)c1ccccc1. The molecule has 0 saturated carbocycles. The first-order valence-electron chi connectivity index (χ1n) is 7.06. The third-order valence-electron chi connectivity index (χ3n) is 3.64. The van der Waals surface area contributed by atoms with Crippen LogP contribution in [0.5, 0.6) is 0 Å². The third kappa shape index (κ3) is 4.30. The maximum Gasteiger partial charge on any atom is 0.251 e. The molecule has 1 saturated heterocycles. The Kier molecular flexibility index (Phi) is 5.52. The van der Waals surface area contributed by atoms with Crippen LogP contribution in [0.4, 0.5) is 0 Å². The van der Waals surface area contributed by atoms with Crippen LogP contribution in [-0.4, -0.2) is 59.4 Å². The van der Waals surface area contributed by atoms with Gasteiger partial charge in [0.05, 0.1) is 12.7 Å². The van der Waals surface area contributed by atoms with Crippen LogP contribution in [-0.2, 0) is 0 Å². The molecular formula is C15H22N2O3. The molecular weight excluding hydrogens is 256 g/mol. The first-order valence-corrected chi connectivity index (χ1v) is 7.06. The number of β-amino-alcohol motifs (C(OH)–C–C–N with tert-alkyl or cyclic N) is 1. The number of nitrogens with zero attached hydrogens (tertiary/aromatic N) is 1. The van der Waals surface area contributed by atoms with Gasteiger partial charge in [-0.2, -0.15) is 0 Å². The fraction of sp³-hybridized carbons (Fsp3) is 0.533. The van der Waals surface area contributed by atoms with E-state index < -0.39 is 6.10 Å². The molecule has 3 N–H and O–H groups in total. The minimum absolute atomic E-state index is 0.0283. The van der Waals surface area contributed by atoms with Crippen LogP contribution in [0.3, 0.4) is 0 Å². The highest BCUT2D eigenvalue weighted by molar-refractivity contribution is 5.94. The van der Waals surface area contributed by atoms with Crippen LogP contribution in [0.1, 0.15) is 23.2 Å². The number of nitrogens with one attached hydrogen (secondary N) is 1. The largest absolute Gasteiger partial charge is 0.394 e. The number of hydrogen-bond acceptors (Lipinski definition) is 4. The van der Waals surface area contributed by atoms with E-state index in [9.17, 15) is 9.90 Å². The zero-order valence-electron chi connectivity index (χ0n) is 11.5. The molecule has 2 rings (SSSR count). The molecule has 1 fully saturated rings. The Morgan fingerprint density at radius 2 is 1.95 bits per heavy atom. The lowest BCUT2D eigenvalue weighted by Crippen LogP contribution is -2.46. The van der Waals surface area contributed by atoms with Crippen molar-refractivity contribution in [1.29, 1.82) is 0 Å². The molecule has 1 heterocycles. The van der Waals surface area contributed by atoms with Crippen LogP contribution in [0.15, 0.2) is 30.3 Å². The Hall–Kier alpha value is -1.43. The summed E-state index contributed by atoms with van der Waals surface area (Å²) in [7, 11) is 0. The van der Waals surface area contributed by atoms with E-state index in [4.69, 9.17) is 5.11 Å². The van der Waals surface area contributed by atoms with Crippen molar-refractivity contribution in [3.63, 3.8) is 0 Å². The van der Waals surface area contributed by atoms with Crippen LogP contribution in [0.2, 0.25) is 0 Å². The molecule has 1 amide bonds. The number of aliphatic hydroxyl groups is 2. The van der Waals surface area contributed by atoms with Gasteiger partial charge in [0.25, 0.3) is 5.91 Å². The fourth-order valence-electron chi connectivity index (χ4n) is 2.47. The number of amides is 1. The van der Waals surface area contributed by atoms with Gasteiger partial charge in [-0.25, -0.2) is 0 Å². The van der Waals surface area contributed by atoms with Gasteiger partial charge < -0.3 is 20.4 Å². The standard InChI is InChI=1S/C15H22N2O3/c18-11-14(19)10-17-8-6-13(7-9-17)16-15(20)12-4-2-1-3-5-12/h1-5,13-14,18-19H,6-11H2,(H,16,20). The minimum atomic E-state index is -0.676. The van der Waals surface area contributed by atoms with Crippen molar-refractivity contribution in [1.82, 2.24) is 10.2 Å². The lowest BCUT2D eigenvalue weighted by Gasteiger charge is -2.33. The predicted molar refractivity (Wildman–Crippen MR) is 76.5 cm³/mol. The average molecular weight is 278 g/mol. The van der Waals surface area contributed by atoms with E-state index >= 15 is 0 Å². The lowest BCUT2D eigenvalue weighted by atomic mass is 10.0. The van der Waals surface area contributed by atoms with Gasteiger partial charge in [0.1, 0.15) is 0 Å². The van der Waals surface area contributed by atoms with E-state index in [1.807, 2.05) is 30.3 Å². The second-order valence-corrected chi connectivity index (χ2v) is 5.25. The zero-order valence-corrected chi connectivity index (χ0v) is 11.5. The van der Waals surface area contributed by atoms with E-state index in [1.165, 1.54) is 0 Å². The monoisotopic (exact) mass is 278 g/mol. The van der Waals surface area contributed by atoms with Gasteiger partial charge in [-0.15, -0.1) is 0 Å². The summed E-state index contributed by atoms with van der Waals surface area (Å²) < 4.78 is 0. The Bertz CT molecular complexity index is 416. The molecule has 0 aliphatic carbocycles. The van der Waals surface area contributed by atoms with E-state index in [0.717, 1.165) is 25.9 Å². The zero-order chi connectivity index (χ0) is 14.4. The highest BCUT2D eigenvalue weighted by atomic mass is 16.3. The van der Waals surface area contributed by atoms with E-state index in [2.05, 4.69) is 10.2 Å². The topological polar surface area (TPSA) is 72.8 Å². The number of carbonyl (C=O) groups is 1. The molecule has 0 aromatic heterocycles. The van der Waals surface area contributed by atoms with E-state index in [0.29, 0.717) is 12.1 Å². The number of rotatable bonds is 5. The van der Waals surface area contributed by atoms with Crippen LogP contribution >= 0.6 is 0 Å². The number of aliphatic hydroxyl groups excluding tert-OH is 2. The van der Waals surface area contributed by atoms with Crippen LogP contribution in [0, 0.1) is 0 Å². The van der Waals surface area contributed by atoms with Crippen molar-refractivity contribution in [2.24, 2.45) is 0 Å². The number of hydrogen-bond donors (Lipinski definition) is 3. The summed E-state index contributed by atoms with van der Waals surface area (Å²) in [6.45, 7) is 1.95. The third-order valence-corrected chi connectivity index (χ3v) is 3.64. The summed E-state index contributed by atoms with van der Waals surface area (Å²) in [5, 5.41) is 21.3. The summed E-state index contributed by atoms with van der Waals surface area (Å²) in [6.07, 6.45) is 1.07. The summed E-state index contributed by atoms with van der Waals surface area (Å²) in [5.74, 6) is -0.0283. The van der Waals surface area contributed by atoms with Gasteiger partial charge in [0.15, 0.2) is 0 Å². The average Bonchev–Trinajstić information content (AvgIpc) is 2.50. The predicted octanol–water partition coefficient (Wildman–Crippen LogP) is 0.234. The molecule has 110 valence electrons. The molecule has 1 aromatic rings. The number of likely N-dealkylation sites (tertiary alicyclic amines) is 1. The van der Waals surface area contributed by atoms with E-state index in [-0.39, 0.29) is 18.6 Å². The Labute approximate surface area is 119 Å². The van der Waals surface area contributed by atoms with E-state index in [1.54, 1.807) is 0 Å². The second-order valence-electron chi connectivity index (χ2n) is 5.25. The normalized spacial score (nSPS) is 18.7. The van der Waals surface area contributed by atoms with Gasteiger partial charge in [-0.3, -0.25) is 4.79 Å². The molecule has 5 heteroatoms. The highest BCUT2D eigenvalue weighted by Crippen LogP contribution is 2.11. The number of benzene rings is 1. The quantitative estimate of drug-likeness (QED) is 0.721. The molecule has 0 radical (unpaired) electrons. The summed E-state index contributed by atoms with van der Waals surface area (Å²) in [6, 6.07) is 9.40. The first kappa shape index (κ1) is 15.0. The second kappa shape index (κ2) is 7.38. The van der Waals surface area contributed by atoms with Gasteiger partial charge in [-0.1, -0.05) is 18.2 Å². The van der Waals surface area contributed by atoms with Crippen molar-refractivity contribution in [2.75, 3.05) is 26.2 Å². The van der Waals surface area contributed by atoms with Gasteiger partial charge in [0, 0.05) is 31.2 Å². The fourth-order valence-corrected chi connectivity index (χ4v) is 2.47. The van der Waals surface area contributed by atoms with Crippen molar-refractivity contribution in [3.8, 4) is 0 Å². The van der Waals surface area contributed by atoms with Crippen molar-refractivity contribution in [2.45, 2.75) is 25.0 Å². The summed E-state index contributed by atoms with van der Waals surface area (Å²) in [4.78, 5) is 14.1. The lowest BCUT2D eigenvalue weighted by molar-refractivity contribution is 0.0493. The molecule has 1 aliphatic heterocycles. The number of piperidine rings is 1. The van der Waals surface area contributed by atoms with Crippen molar-refractivity contribution >= 4 is 5.91 Å². The van der Waals surface area contributed by atoms with Crippen LogP contribution < -0.4 is 5.32 Å². The van der Waals surface area contributed by atoms with Crippen molar-refractivity contribution in [3.05, 3.63) is 35.9 Å². The molecule has 0 bridgehead atoms. The highest BCUT2D eigenvalue weighted by Gasteiger charge is 2.22. The van der Waals surface area contributed by atoms with Gasteiger partial charge >= 0.3 is 0 Å².